The van der Waals surface area contributed by atoms with E-state index in [0.717, 1.165) is 0 Å². The molecule has 0 unspecified atom stereocenters. The maximum absolute atomic E-state index is 13.4. The molecule has 2 N–H and O–H groups in total. The average Bonchev–Trinajstić information content (AvgIpc) is 2.73. The number of benzene rings is 1. The number of aromatic amines is 2. The van der Waals surface area contributed by atoms with Crippen LogP contribution in [0.2, 0.25) is 0 Å². The van der Waals surface area contributed by atoms with Gasteiger partial charge in [0.25, 0.3) is 5.56 Å². The van der Waals surface area contributed by atoms with Crippen molar-refractivity contribution in [3.8, 4) is 11.5 Å². The molecule has 7 heteroatoms. The summed E-state index contributed by atoms with van der Waals surface area (Å²) < 4.78 is 13.7. The van der Waals surface area contributed by atoms with E-state index in [1.807, 2.05) is 0 Å². The Morgan fingerprint density at radius 3 is 2.83 bits per heavy atom. The van der Waals surface area contributed by atoms with E-state index in [-0.39, 0.29) is 11.4 Å². The highest BCUT2D eigenvalue weighted by Gasteiger charge is 2.09. The number of rotatable bonds is 1. The highest BCUT2D eigenvalue weighted by molar-refractivity contribution is 9.10. The van der Waals surface area contributed by atoms with Crippen LogP contribution < -0.4 is 5.56 Å². The minimum atomic E-state index is -0.368. The monoisotopic (exact) mass is 308 g/mol. The normalized spacial score (nSPS) is 11.0. The molecule has 18 heavy (non-hydrogen) atoms. The number of imidazole rings is 1. The third kappa shape index (κ3) is 1.82. The van der Waals surface area contributed by atoms with Crippen LogP contribution in [0, 0.1) is 5.82 Å². The molecule has 0 bridgehead atoms. The summed E-state index contributed by atoms with van der Waals surface area (Å²) in [7, 11) is 0. The number of halogens is 2. The minimum absolute atomic E-state index is 0.288. The van der Waals surface area contributed by atoms with E-state index in [4.69, 9.17) is 0 Å². The molecule has 0 aliphatic heterocycles. The smallest absolute Gasteiger partial charge is 0.264 e. The summed E-state index contributed by atoms with van der Waals surface area (Å²) >= 11 is 3.10. The van der Waals surface area contributed by atoms with Crippen molar-refractivity contribution in [2.75, 3.05) is 0 Å². The zero-order valence-corrected chi connectivity index (χ0v) is 10.5. The lowest BCUT2D eigenvalue weighted by molar-refractivity contribution is 0.623. The van der Waals surface area contributed by atoms with Gasteiger partial charge in [-0.05, 0) is 28.1 Å². The van der Waals surface area contributed by atoms with E-state index in [9.17, 15) is 9.18 Å². The Morgan fingerprint density at radius 1 is 1.28 bits per heavy atom. The third-order valence-electron chi connectivity index (χ3n) is 2.45. The molecule has 2 heterocycles. The van der Waals surface area contributed by atoms with Gasteiger partial charge >= 0.3 is 0 Å². The Balaban J connectivity index is 2.19. The maximum atomic E-state index is 13.4. The first-order chi connectivity index (χ1) is 8.63. The van der Waals surface area contributed by atoms with Crippen molar-refractivity contribution < 1.29 is 4.39 Å². The van der Waals surface area contributed by atoms with Crippen molar-refractivity contribution in [3.05, 3.63) is 44.9 Å². The highest BCUT2D eigenvalue weighted by atomic mass is 79.9. The second kappa shape index (κ2) is 4.02. The van der Waals surface area contributed by atoms with Crippen LogP contribution in [0.5, 0.6) is 0 Å². The van der Waals surface area contributed by atoms with E-state index in [1.54, 1.807) is 12.1 Å². The second-order valence-electron chi connectivity index (χ2n) is 3.68. The van der Waals surface area contributed by atoms with Crippen molar-refractivity contribution >= 4 is 27.0 Å². The quantitative estimate of drug-likeness (QED) is 0.724. The lowest BCUT2D eigenvalue weighted by atomic mass is 10.3. The molecule has 1 aromatic carbocycles. The highest BCUT2D eigenvalue weighted by Crippen LogP contribution is 2.24. The molecular weight excluding hydrogens is 303 g/mol. The second-order valence-corrected chi connectivity index (χ2v) is 4.53. The summed E-state index contributed by atoms with van der Waals surface area (Å²) in [4.78, 5) is 18.1. The number of hydrogen-bond donors (Lipinski definition) is 2. The lowest BCUT2D eigenvalue weighted by Gasteiger charge is -1.92. The van der Waals surface area contributed by atoms with Crippen LogP contribution in [-0.2, 0) is 0 Å². The van der Waals surface area contributed by atoms with Gasteiger partial charge in [0.1, 0.15) is 11.5 Å². The zero-order valence-electron chi connectivity index (χ0n) is 8.87. The predicted octanol–water partition coefficient (Wildman–Crippen LogP) is 2.21. The average molecular weight is 309 g/mol. The molecule has 2 aromatic heterocycles. The fourth-order valence-electron chi connectivity index (χ4n) is 1.60. The summed E-state index contributed by atoms with van der Waals surface area (Å²) in [6.07, 6.45) is 0. The van der Waals surface area contributed by atoms with Crippen LogP contribution in [0.3, 0.4) is 0 Å². The number of H-pyrrole nitrogens is 2. The van der Waals surface area contributed by atoms with Gasteiger partial charge < -0.3 is 4.98 Å². The first kappa shape index (κ1) is 11.1. The van der Waals surface area contributed by atoms with Gasteiger partial charge in [-0.3, -0.25) is 4.79 Å². The van der Waals surface area contributed by atoms with Crippen molar-refractivity contribution in [1.29, 1.82) is 0 Å². The summed E-state index contributed by atoms with van der Waals surface area (Å²) in [6, 6.07) is 5.83. The van der Waals surface area contributed by atoms with E-state index in [2.05, 4.69) is 36.1 Å². The predicted molar refractivity (Wildman–Crippen MR) is 67.6 cm³/mol. The summed E-state index contributed by atoms with van der Waals surface area (Å²) in [5, 5.41) is 6.17. The summed E-state index contributed by atoms with van der Waals surface area (Å²) in [5.41, 5.74) is 1.39. The van der Waals surface area contributed by atoms with Gasteiger partial charge in [0.05, 0.1) is 15.5 Å². The van der Waals surface area contributed by atoms with E-state index in [0.29, 0.717) is 27.0 Å². The Labute approximate surface area is 108 Å². The van der Waals surface area contributed by atoms with Crippen LogP contribution >= 0.6 is 15.9 Å². The Morgan fingerprint density at radius 2 is 2.11 bits per heavy atom. The Hall–Kier alpha value is -2.02. The number of fused-ring (bicyclic) bond motifs is 1. The number of aromatic nitrogens is 4. The number of hydrogen-bond acceptors (Lipinski definition) is 3. The van der Waals surface area contributed by atoms with Gasteiger partial charge in [-0.2, -0.15) is 5.10 Å². The van der Waals surface area contributed by atoms with Crippen LogP contribution in [0.4, 0.5) is 4.39 Å². The standard InChI is InChI=1S/C11H6BrFN4O/c12-5-3-8-9(4-6(5)13)15-11(14-8)7-1-2-10(18)17-16-7/h1-4H,(H,14,15)(H,17,18). The minimum Gasteiger partial charge on any atom is -0.336 e. The van der Waals surface area contributed by atoms with Crippen molar-refractivity contribution in [3.63, 3.8) is 0 Å². The topological polar surface area (TPSA) is 74.4 Å². The van der Waals surface area contributed by atoms with Crippen LogP contribution in [-0.4, -0.2) is 20.2 Å². The van der Waals surface area contributed by atoms with Crippen LogP contribution in [0.1, 0.15) is 0 Å². The third-order valence-corrected chi connectivity index (χ3v) is 3.05. The molecule has 0 fully saturated rings. The van der Waals surface area contributed by atoms with Crippen molar-refractivity contribution in [2.24, 2.45) is 0 Å². The van der Waals surface area contributed by atoms with E-state index in [1.165, 1.54) is 12.1 Å². The summed E-state index contributed by atoms with van der Waals surface area (Å²) in [5.74, 6) is 0.103. The number of nitrogens with one attached hydrogen (secondary N) is 2. The molecule has 0 aliphatic rings. The first-order valence-corrected chi connectivity index (χ1v) is 5.83. The largest absolute Gasteiger partial charge is 0.336 e. The SMILES string of the molecule is O=c1ccc(-c2nc3cc(Br)c(F)cc3[nH]2)n[nH]1. The van der Waals surface area contributed by atoms with Crippen molar-refractivity contribution in [1.82, 2.24) is 20.2 Å². The van der Waals surface area contributed by atoms with E-state index >= 15 is 0 Å². The molecule has 3 rings (SSSR count). The maximum Gasteiger partial charge on any atom is 0.264 e. The Kier molecular flexibility index (Phi) is 2.48. The fraction of sp³-hybridized carbons (Fsp3) is 0. The molecule has 5 nitrogen and oxygen atoms in total. The molecule has 0 amide bonds. The van der Waals surface area contributed by atoms with Gasteiger partial charge in [-0.15, -0.1) is 0 Å². The molecule has 0 saturated carbocycles. The molecule has 0 atom stereocenters. The van der Waals surface area contributed by atoms with Gasteiger partial charge in [0.2, 0.25) is 0 Å². The molecular formula is C11H6BrFN4O. The molecule has 90 valence electrons. The van der Waals surface area contributed by atoms with Gasteiger partial charge in [-0.1, -0.05) is 0 Å². The van der Waals surface area contributed by atoms with Crippen molar-refractivity contribution in [2.45, 2.75) is 0 Å². The summed E-state index contributed by atoms with van der Waals surface area (Å²) in [6.45, 7) is 0. The molecule has 0 spiro atoms. The van der Waals surface area contributed by atoms with Crippen LogP contribution in [0.25, 0.3) is 22.6 Å². The molecule has 3 aromatic rings. The van der Waals surface area contributed by atoms with Gasteiger partial charge in [0.15, 0.2) is 5.82 Å². The molecule has 0 radical (unpaired) electrons. The fourth-order valence-corrected chi connectivity index (χ4v) is 1.93. The molecule has 0 aliphatic carbocycles. The number of nitrogens with zero attached hydrogens (tertiary/aromatic N) is 2. The van der Waals surface area contributed by atoms with Crippen LogP contribution in [0.15, 0.2) is 33.5 Å². The first-order valence-electron chi connectivity index (χ1n) is 5.04. The molecule has 0 saturated heterocycles. The van der Waals surface area contributed by atoms with E-state index < -0.39 is 0 Å². The zero-order chi connectivity index (χ0) is 12.7. The lowest BCUT2D eigenvalue weighted by Crippen LogP contribution is -2.05. The van der Waals surface area contributed by atoms with Gasteiger partial charge in [0, 0.05) is 12.1 Å². The van der Waals surface area contributed by atoms with Gasteiger partial charge in [-0.25, -0.2) is 14.5 Å². The Bertz CT molecular complexity index is 736.